The zero-order valence-electron chi connectivity index (χ0n) is 25.5. The molecular formula is C34H64O4. The van der Waals surface area contributed by atoms with Gasteiger partial charge in [-0.25, -0.2) is 9.59 Å². The van der Waals surface area contributed by atoms with E-state index in [0.29, 0.717) is 12.8 Å². The van der Waals surface area contributed by atoms with Gasteiger partial charge < -0.3 is 10.2 Å². The summed E-state index contributed by atoms with van der Waals surface area (Å²) in [6.07, 6.45) is 33.0. The van der Waals surface area contributed by atoms with Gasteiger partial charge in [0.2, 0.25) is 0 Å². The Labute approximate surface area is 236 Å². The summed E-state index contributed by atoms with van der Waals surface area (Å²) < 4.78 is 0. The Bertz CT molecular complexity index is 531. The van der Waals surface area contributed by atoms with Gasteiger partial charge in [-0.3, -0.25) is 0 Å². The molecule has 0 spiro atoms. The molecular weight excluding hydrogens is 472 g/mol. The van der Waals surface area contributed by atoms with E-state index in [0.717, 1.165) is 38.5 Å². The van der Waals surface area contributed by atoms with Crippen LogP contribution in [0.25, 0.3) is 0 Å². The predicted molar refractivity (Wildman–Crippen MR) is 163 cm³/mol. The summed E-state index contributed by atoms with van der Waals surface area (Å²) in [5.41, 5.74) is 0.277. The molecule has 0 fully saturated rings. The van der Waals surface area contributed by atoms with Gasteiger partial charge in [0.15, 0.2) is 0 Å². The van der Waals surface area contributed by atoms with Crippen LogP contribution in [0.5, 0.6) is 0 Å². The second-order valence-corrected chi connectivity index (χ2v) is 11.6. The van der Waals surface area contributed by atoms with Crippen molar-refractivity contribution in [3.8, 4) is 0 Å². The summed E-state index contributed by atoms with van der Waals surface area (Å²) in [7, 11) is 0. The van der Waals surface area contributed by atoms with Crippen LogP contribution in [0.1, 0.15) is 194 Å². The number of aliphatic carboxylic acids is 2. The molecule has 0 atom stereocenters. The molecule has 0 aliphatic heterocycles. The van der Waals surface area contributed by atoms with E-state index in [9.17, 15) is 19.8 Å². The lowest BCUT2D eigenvalue weighted by Crippen LogP contribution is -2.12. The first kappa shape index (κ1) is 36.7. The molecule has 224 valence electrons. The van der Waals surface area contributed by atoms with Crippen LogP contribution in [0.15, 0.2) is 11.1 Å². The Morgan fingerprint density at radius 1 is 0.342 bits per heavy atom. The maximum absolute atomic E-state index is 11.8. The molecule has 0 aromatic heterocycles. The number of carboxylic acids is 2. The highest BCUT2D eigenvalue weighted by Crippen LogP contribution is 2.22. The molecule has 0 aliphatic rings. The smallest absolute Gasteiger partial charge is 0.332 e. The average Bonchev–Trinajstić information content (AvgIpc) is 2.89. The summed E-state index contributed by atoms with van der Waals surface area (Å²) in [6.45, 7) is 4.51. The molecule has 0 heterocycles. The molecule has 4 nitrogen and oxygen atoms in total. The highest BCUT2D eigenvalue weighted by Gasteiger charge is 2.19. The SMILES string of the molecule is CCCCCCCCCCCCCCCC(C(=O)O)=C(CCCCCCCCCCCCCCC)C(=O)O. The predicted octanol–water partition coefficient (Wildman–Crippen LogP) is 11.4. The Morgan fingerprint density at radius 3 is 0.711 bits per heavy atom. The van der Waals surface area contributed by atoms with E-state index in [1.54, 1.807) is 0 Å². The minimum absolute atomic E-state index is 0.138. The summed E-state index contributed by atoms with van der Waals surface area (Å²) in [5, 5.41) is 19.3. The van der Waals surface area contributed by atoms with Gasteiger partial charge in [-0.05, 0) is 25.7 Å². The average molecular weight is 537 g/mol. The van der Waals surface area contributed by atoms with Crippen molar-refractivity contribution >= 4 is 11.9 Å². The number of unbranched alkanes of at least 4 members (excludes halogenated alkanes) is 24. The molecule has 0 bridgehead atoms. The zero-order valence-corrected chi connectivity index (χ0v) is 25.5. The summed E-state index contributed by atoms with van der Waals surface area (Å²) in [4.78, 5) is 23.6. The van der Waals surface area contributed by atoms with Gasteiger partial charge in [0.05, 0.1) is 0 Å². The number of hydrogen-bond donors (Lipinski definition) is 2. The Hall–Kier alpha value is -1.32. The third kappa shape index (κ3) is 23.8. The summed E-state index contributed by atoms with van der Waals surface area (Å²) in [5.74, 6) is -2.09. The normalized spacial score (nSPS) is 12.1. The third-order valence-electron chi connectivity index (χ3n) is 7.94. The van der Waals surface area contributed by atoms with E-state index in [4.69, 9.17) is 0 Å². The van der Waals surface area contributed by atoms with Crippen molar-refractivity contribution in [3.63, 3.8) is 0 Å². The first-order valence-electron chi connectivity index (χ1n) is 16.7. The van der Waals surface area contributed by atoms with Crippen LogP contribution in [-0.4, -0.2) is 22.2 Å². The summed E-state index contributed by atoms with van der Waals surface area (Å²) >= 11 is 0. The molecule has 0 aliphatic carbocycles. The molecule has 0 amide bonds. The lowest BCUT2D eigenvalue weighted by atomic mass is 9.96. The van der Waals surface area contributed by atoms with Crippen molar-refractivity contribution in [2.45, 2.75) is 194 Å². The zero-order chi connectivity index (χ0) is 28.1. The van der Waals surface area contributed by atoms with Crippen molar-refractivity contribution < 1.29 is 19.8 Å². The van der Waals surface area contributed by atoms with Gasteiger partial charge in [-0.1, -0.05) is 168 Å². The first-order valence-corrected chi connectivity index (χ1v) is 16.7. The van der Waals surface area contributed by atoms with Gasteiger partial charge >= 0.3 is 11.9 Å². The quantitative estimate of drug-likeness (QED) is 0.0707. The van der Waals surface area contributed by atoms with E-state index < -0.39 is 11.9 Å². The fraction of sp³-hybridized carbons (Fsp3) is 0.882. The van der Waals surface area contributed by atoms with Crippen LogP contribution in [0.3, 0.4) is 0 Å². The van der Waals surface area contributed by atoms with Crippen molar-refractivity contribution in [1.29, 1.82) is 0 Å². The fourth-order valence-electron chi connectivity index (χ4n) is 5.41. The molecule has 0 unspecified atom stereocenters. The molecule has 0 aromatic rings. The third-order valence-corrected chi connectivity index (χ3v) is 7.94. The van der Waals surface area contributed by atoms with Crippen molar-refractivity contribution in [3.05, 3.63) is 11.1 Å². The highest BCUT2D eigenvalue weighted by molar-refractivity contribution is 5.98. The lowest BCUT2D eigenvalue weighted by Gasteiger charge is -2.10. The van der Waals surface area contributed by atoms with Gasteiger partial charge in [0.25, 0.3) is 0 Å². The minimum atomic E-state index is -1.05. The van der Waals surface area contributed by atoms with Crippen LogP contribution in [0, 0.1) is 0 Å². The number of rotatable bonds is 30. The molecule has 2 N–H and O–H groups in total. The number of hydrogen-bond acceptors (Lipinski definition) is 2. The molecule has 38 heavy (non-hydrogen) atoms. The van der Waals surface area contributed by atoms with E-state index >= 15 is 0 Å². The van der Waals surface area contributed by atoms with Crippen LogP contribution in [-0.2, 0) is 9.59 Å². The van der Waals surface area contributed by atoms with Crippen LogP contribution in [0.4, 0.5) is 0 Å². The van der Waals surface area contributed by atoms with E-state index in [2.05, 4.69) is 13.8 Å². The lowest BCUT2D eigenvalue weighted by molar-refractivity contribution is -0.136. The molecule has 0 radical (unpaired) electrons. The van der Waals surface area contributed by atoms with Gasteiger partial charge in [0.1, 0.15) is 0 Å². The second kappa shape index (κ2) is 28.7. The summed E-state index contributed by atoms with van der Waals surface area (Å²) in [6, 6.07) is 0. The largest absolute Gasteiger partial charge is 0.478 e. The van der Waals surface area contributed by atoms with Crippen LogP contribution < -0.4 is 0 Å². The molecule has 4 heteroatoms. The standard InChI is InChI=1S/C34H64O4/c1-3-5-7-9-11-13-15-17-19-21-23-25-27-29-31(33(35)36)32(34(37)38)30-28-26-24-22-20-18-16-14-12-10-8-6-4-2/h3-30H2,1-2H3,(H,35,36)(H,37,38). The van der Waals surface area contributed by atoms with Gasteiger partial charge in [0, 0.05) is 11.1 Å². The second-order valence-electron chi connectivity index (χ2n) is 11.6. The van der Waals surface area contributed by atoms with E-state index in [1.165, 1.54) is 128 Å². The van der Waals surface area contributed by atoms with Gasteiger partial charge in [-0.2, -0.15) is 0 Å². The molecule has 0 saturated heterocycles. The fourth-order valence-corrected chi connectivity index (χ4v) is 5.41. The molecule has 0 rings (SSSR count). The van der Waals surface area contributed by atoms with E-state index in [-0.39, 0.29) is 11.1 Å². The first-order chi connectivity index (χ1) is 18.5. The maximum Gasteiger partial charge on any atom is 0.332 e. The van der Waals surface area contributed by atoms with Crippen molar-refractivity contribution in [2.24, 2.45) is 0 Å². The maximum atomic E-state index is 11.8. The van der Waals surface area contributed by atoms with E-state index in [1.807, 2.05) is 0 Å². The highest BCUT2D eigenvalue weighted by atomic mass is 16.4. The molecule has 0 saturated carbocycles. The van der Waals surface area contributed by atoms with Crippen molar-refractivity contribution in [1.82, 2.24) is 0 Å². The molecule has 0 aromatic carbocycles. The monoisotopic (exact) mass is 536 g/mol. The Morgan fingerprint density at radius 2 is 0.526 bits per heavy atom. The Kier molecular flexibility index (Phi) is 27.7. The van der Waals surface area contributed by atoms with Crippen LogP contribution in [0.2, 0.25) is 0 Å². The van der Waals surface area contributed by atoms with Crippen molar-refractivity contribution in [2.75, 3.05) is 0 Å². The van der Waals surface area contributed by atoms with Gasteiger partial charge in [-0.15, -0.1) is 0 Å². The topological polar surface area (TPSA) is 74.6 Å². The number of carboxylic acid groups (broad SMARTS) is 2. The van der Waals surface area contributed by atoms with Crippen LogP contribution >= 0.6 is 0 Å². The Balaban J connectivity index is 3.95. The number of carbonyl (C=O) groups is 2. The minimum Gasteiger partial charge on any atom is -0.478 e.